The molecule has 1 aliphatic carbocycles. The van der Waals surface area contributed by atoms with Gasteiger partial charge in [-0.3, -0.25) is 9.59 Å². The molecule has 1 aliphatic heterocycles. The average molecular weight is 551 g/mol. The molecule has 0 spiro atoms. The highest BCUT2D eigenvalue weighted by Crippen LogP contribution is 2.45. The van der Waals surface area contributed by atoms with E-state index in [9.17, 15) is 19.8 Å². The van der Waals surface area contributed by atoms with Gasteiger partial charge in [-0.25, -0.2) is 0 Å². The number of aliphatic hydroxyl groups is 2. The lowest BCUT2D eigenvalue weighted by atomic mass is 9.90. The smallest absolute Gasteiger partial charge is 0.305 e. The minimum Gasteiger partial charge on any atom is -0.495 e. The molecule has 224 valence electrons. The summed E-state index contributed by atoms with van der Waals surface area (Å²) in [4.78, 5) is 23.3. The van der Waals surface area contributed by atoms with Crippen molar-refractivity contribution in [1.82, 2.24) is 0 Å². The highest BCUT2D eigenvalue weighted by atomic mass is 16.5. The summed E-state index contributed by atoms with van der Waals surface area (Å²) in [5, 5.41) is 20.7. The van der Waals surface area contributed by atoms with Gasteiger partial charge in [-0.15, -0.1) is 0 Å². The van der Waals surface area contributed by atoms with E-state index in [2.05, 4.69) is 13.0 Å². The van der Waals surface area contributed by atoms with Gasteiger partial charge in [-0.2, -0.15) is 0 Å². The van der Waals surface area contributed by atoms with Crippen molar-refractivity contribution < 1.29 is 34.0 Å². The molecule has 5 atom stereocenters. The summed E-state index contributed by atoms with van der Waals surface area (Å²) in [6, 6.07) is 0. The molecule has 1 heterocycles. The number of esters is 2. The molecule has 39 heavy (non-hydrogen) atoms. The van der Waals surface area contributed by atoms with Gasteiger partial charge < -0.3 is 24.4 Å². The summed E-state index contributed by atoms with van der Waals surface area (Å²) in [6.45, 7) is 4.92. The highest BCUT2D eigenvalue weighted by Gasteiger charge is 2.46. The lowest BCUT2D eigenvalue weighted by molar-refractivity contribution is -0.144. The van der Waals surface area contributed by atoms with Gasteiger partial charge in [0.1, 0.15) is 6.10 Å². The minimum absolute atomic E-state index is 0.0213. The normalized spacial score (nSPS) is 24.2. The van der Waals surface area contributed by atoms with Crippen LogP contribution in [0.15, 0.2) is 24.0 Å². The molecule has 0 aromatic carbocycles. The van der Waals surface area contributed by atoms with Crippen LogP contribution in [0.5, 0.6) is 0 Å². The van der Waals surface area contributed by atoms with Crippen LogP contribution in [-0.2, 0) is 23.8 Å². The van der Waals surface area contributed by atoms with E-state index in [0.29, 0.717) is 32.5 Å². The molecular formula is C32H54O7. The van der Waals surface area contributed by atoms with Gasteiger partial charge in [0.15, 0.2) is 0 Å². The third-order valence-electron chi connectivity index (χ3n) is 7.84. The Balaban J connectivity index is 1.50. The number of carbonyl (C=O) groups is 2. The van der Waals surface area contributed by atoms with Crippen molar-refractivity contribution in [3.05, 3.63) is 24.0 Å². The molecule has 0 aromatic rings. The number of ether oxygens (including phenoxy) is 3. The standard InChI is InChI=1S/C32H54O7/c1-3-5-11-16-25(33)20-21-27-28-23-26(39-30(28)24-29(27)34)17-13-14-19-32(36)38-22-15-10-8-6-7-9-12-18-31(35)37-4-2/h17,20-21,25,27-30,33-34H,3-16,18-19,22-24H2,1-2H3/b21-20+,26-17-/t25-,27+,28+,29+,30-/m0/s1. The monoisotopic (exact) mass is 550 g/mol. The number of rotatable bonds is 21. The third-order valence-corrected chi connectivity index (χ3v) is 7.84. The minimum atomic E-state index is -0.444. The lowest BCUT2D eigenvalue weighted by Gasteiger charge is -2.16. The molecule has 2 rings (SSSR count). The summed E-state index contributed by atoms with van der Waals surface area (Å²) in [5.74, 6) is 1.00. The molecule has 0 aromatic heterocycles. The summed E-state index contributed by atoms with van der Waals surface area (Å²) in [6.07, 6.45) is 20.4. The second kappa shape index (κ2) is 20.1. The Morgan fingerprint density at radius 3 is 2.38 bits per heavy atom. The molecule has 0 radical (unpaired) electrons. The highest BCUT2D eigenvalue weighted by molar-refractivity contribution is 5.69. The van der Waals surface area contributed by atoms with Crippen LogP contribution in [0, 0.1) is 11.8 Å². The number of carbonyl (C=O) groups excluding carboxylic acids is 2. The topological polar surface area (TPSA) is 102 Å². The zero-order valence-electron chi connectivity index (χ0n) is 24.5. The Bertz CT molecular complexity index is 747. The second-order valence-electron chi connectivity index (χ2n) is 11.2. The van der Waals surface area contributed by atoms with Crippen LogP contribution in [-0.4, -0.2) is 53.7 Å². The van der Waals surface area contributed by atoms with Crippen LogP contribution in [0.1, 0.15) is 123 Å². The molecule has 1 saturated carbocycles. The van der Waals surface area contributed by atoms with Gasteiger partial charge in [0, 0.05) is 37.5 Å². The number of hydrogen-bond acceptors (Lipinski definition) is 7. The average Bonchev–Trinajstić information content (AvgIpc) is 3.42. The van der Waals surface area contributed by atoms with E-state index in [-0.39, 0.29) is 29.9 Å². The maximum Gasteiger partial charge on any atom is 0.305 e. The van der Waals surface area contributed by atoms with Gasteiger partial charge in [-0.05, 0) is 45.1 Å². The van der Waals surface area contributed by atoms with Crippen LogP contribution < -0.4 is 0 Å². The van der Waals surface area contributed by atoms with Crippen molar-refractivity contribution in [2.24, 2.45) is 11.8 Å². The summed E-state index contributed by atoms with van der Waals surface area (Å²) in [7, 11) is 0. The molecule has 7 nitrogen and oxygen atoms in total. The van der Waals surface area contributed by atoms with Crippen molar-refractivity contribution in [3.63, 3.8) is 0 Å². The van der Waals surface area contributed by atoms with E-state index in [1.54, 1.807) is 0 Å². The molecule has 0 amide bonds. The van der Waals surface area contributed by atoms with Crippen molar-refractivity contribution in [2.45, 2.75) is 141 Å². The van der Waals surface area contributed by atoms with Crippen LogP contribution in [0.25, 0.3) is 0 Å². The fourth-order valence-corrected chi connectivity index (χ4v) is 5.60. The molecule has 0 bridgehead atoms. The fraction of sp³-hybridized carbons (Fsp3) is 0.812. The Kier molecular flexibility index (Phi) is 17.2. The van der Waals surface area contributed by atoms with Gasteiger partial charge in [0.05, 0.1) is 31.2 Å². The summed E-state index contributed by atoms with van der Waals surface area (Å²) < 4.78 is 16.4. The molecule has 2 fully saturated rings. The van der Waals surface area contributed by atoms with Crippen molar-refractivity contribution in [3.8, 4) is 0 Å². The lowest BCUT2D eigenvalue weighted by Crippen LogP contribution is -2.18. The first-order valence-corrected chi connectivity index (χ1v) is 15.7. The van der Waals surface area contributed by atoms with E-state index >= 15 is 0 Å². The van der Waals surface area contributed by atoms with Crippen LogP contribution >= 0.6 is 0 Å². The van der Waals surface area contributed by atoms with Crippen molar-refractivity contribution >= 4 is 11.9 Å². The predicted molar refractivity (Wildman–Crippen MR) is 153 cm³/mol. The molecule has 0 unspecified atom stereocenters. The maximum atomic E-state index is 12.0. The number of aliphatic hydroxyl groups excluding tert-OH is 2. The van der Waals surface area contributed by atoms with E-state index < -0.39 is 12.2 Å². The molecular weight excluding hydrogens is 496 g/mol. The predicted octanol–water partition coefficient (Wildman–Crippen LogP) is 6.55. The quantitative estimate of drug-likeness (QED) is 0.0949. The Hall–Kier alpha value is -1.86. The first-order valence-electron chi connectivity index (χ1n) is 15.7. The van der Waals surface area contributed by atoms with E-state index in [4.69, 9.17) is 14.2 Å². The second-order valence-corrected chi connectivity index (χ2v) is 11.2. The number of allylic oxidation sites excluding steroid dienone is 2. The van der Waals surface area contributed by atoms with Crippen LogP contribution in [0.2, 0.25) is 0 Å². The van der Waals surface area contributed by atoms with Crippen molar-refractivity contribution in [1.29, 1.82) is 0 Å². The van der Waals surface area contributed by atoms with Crippen molar-refractivity contribution in [2.75, 3.05) is 13.2 Å². The third kappa shape index (κ3) is 13.9. The largest absolute Gasteiger partial charge is 0.495 e. The Morgan fingerprint density at radius 2 is 1.64 bits per heavy atom. The zero-order chi connectivity index (χ0) is 28.3. The van der Waals surface area contributed by atoms with Crippen LogP contribution in [0.3, 0.4) is 0 Å². The van der Waals surface area contributed by atoms with Gasteiger partial charge in [-0.1, -0.05) is 70.4 Å². The number of fused-ring (bicyclic) bond motifs is 1. The molecule has 7 heteroatoms. The summed E-state index contributed by atoms with van der Waals surface area (Å²) in [5.41, 5.74) is 0. The van der Waals surface area contributed by atoms with Gasteiger partial charge in [0.25, 0.3) is 0 Å². The van der Waals surface area contributed by atoms with E-state index in [1.807, 2.05) is 19.1 Å². The number of unbranched alkanes of at least 4 members (excludes halogenated alkanes) is 9. The fourth-order valence-electron chi connectivity index (χ4n) is 5.60. The Morgan fingerprint density at radius 1 is 0.949 bits per heavy atom. The number of hydrogen-bond donors (Lipinski definition) is 2. The first kappa shape index (κ1) is 33.3. The summed E-state index contributed by atoms with van der Waals surface area (Å²) >= 11 is 0. The Labute approximate surface area is 236 Å². The first-order chi connectivity index (χ1) is 18.9. The molecule has 2 aliphatic rings. The molecule has 1 saturated heterocycles. The van der Waals surface area contributed by atoms with Gasteiger partial charge >= 0.3 is 11.9 Å². The SMILES string of the molecule is CCCCC[C@H](O)/C=C/[C@@H]1[C@H]2C/C(=C/CCCC(=O)OCCCCCCCCCC(=O)OCC)O[C@H]2C[C@H]1O. The van der Waals surface area contributed by atoms with E-state index in [1.165, 1.54) is 0 Å². The van der Waals surface area contributed by atoms with Gasteiger partial charge in [0.2, 0.25) is 0 Å². The van der Waals surface area contributed by atoms with Crippen LogP contribution in [0.4, 0.5) is 0 Å². The zero-order valence-corrected chi connectivity index (χ0v) is 24.5. The van der Waals surface area contributed by atoms with E-state index in [0.717, 1.165) is 95.7 Å². The molecule has 2 N–H and O–H groups in total. The maximum absolute atomic E-state index is 12.0.